The zero-order valence-corrected chi connectivity index (χ0v) is 8.16. The third-order valence-corrected chi connectivity index (χ3v) is 2.88. The summed E-state index contributed by atoms with van der Waals surface area (Å²) in [5.41, 5.74) is 0. The molecule has 1 amide bonds. The third kappa shape index (κ3) is 1.41. The van der Waals surface area contributed by atoms with Crippen LogP contribution in [0, 0.1) is 5.92 Å². The fourth-order valence-electron chi connectivity index (χ4n) is 2.13. The van der Waals surface area contributed by atoms with Gasteiger partial charge in [0.15, 0.2) is 5.79 Å². The molecule has 2 rings (SSSR count). The van der Waals surface area contributed by atoms with Crippen molar-refractivity contribution in [1.29, 1.82) is 0 Å². The molecular formula is C9H15NO4. The summed E-state index contributed by atoms with van der Waals surface area (Å²) in [6.07, 6.45) is 0.554. The molecule has 2 N–H and O–H groups in total. The topological polar surface area (TPSA) is 67.8 Å². The Morgan fingerprint density at radius 1 is 1.57 bits per heavy atom. The van der Waals surface area contributed by atoms with Crippen molar-refractivity contribution in [3.05, 3.63) is 0 Å². The van der Waals surface area contributed by atoms with E-state index in [1.807, 2.05) is 0 Å². The lowest BCUT2D eigenvalue weighted by Gasteiger charge is -2.44. The standard InChI is InChI=1S/C9H15NO4/c1-9(13-4-5-14-9)7-6(2-3-11)10-8(7)12/h6-7,11H,2-5H2,1H3,(H,10,12)/t6-,7-/m0/s1. The Hall–Kier alpha value is -0.650. The average molecular weight is 201 g/mol. The first-order chi connectivity index (χ1) is 6.67. The SMILES string of the molecule is CC1([C@@H]2C(=O)N[C@H]2CCO)OCCO1. The molecule has 80 valence electrons. The maximum Gasteiger partial charge on any atom is 0.230 e. The van der Waals surface area contributed by atoms with Gasteiger partial charge >= 0.3 is 0 Å². The van der Waals surface area contributed by atoms with Gasteiger partial charge in [0.2, 0.25) is 5.91 Å². The van der Waals surface area contributed by atoms with Crippen LogP contribution in [0.1, 0.15) is 13.3 Å². The molecule has 0 aromatic rings. The summed E-state index contributed by atoms with van der Waals surface area (Å²) in [6, 6.07) is -0.0180. The minimum Gasteiger partial charge on any atom is -0.396 e. The Bertz CT molecular complexity index is 237. The number of carbonyl (C=O) groups is 1. The Kier molecular flexibility index (Phi) is 2.47. The highest BCUT2D eigenvalue weighted by atomic mass is 16.7. The number of carbonyl (C=O) groups excluding carboxylic acids is 1. The maximum atomic E-state index is 11.4. The van der Waals surface area contributed by atoms with E-state index in [1.165, 1.54) is 0 Å². The van der Waals surface area contributed by atoms with Crippen molar-refractivity contribution >= 4 is 5.91 Å². The smallest absolute Gasteiger partial charge is 0.230 e. The second-order valence-electron chi connectivity index (χ2n) is 3.82. The normalized spacial score (nSPS) is 35.1. The number of β-lactam (4-membered cyclic amide) rings is 1. The summed E-state index contributed by atoms with van der Waals surface area (Å²) in [6.45, 7) is 2.92. The molecule has 0 radical (unpaired) electrons. The van der Waals surface area contributed by atoms with Gasteiger partial charge in [0.1, 0.15) is 5.92 Å². The van der Waals surface area contributed by atoms with E-state index in [2.05, 4.69) is 5.32 Å². The van der Waals surface area contributed by atoms with Gasteiger partial charge in [0.05, 0.1) is 13.2 Å². The van der Waals surface area contributed by atoms with E-state index in [0.29, 0.717) is 19.6 Å². The van der Waals surface area contributed by atoms with E-state index in [0.717, 1.165) is 0 Å². The zero-order chi connectivity index (χ0) is 10.2. The van der Waals surface area contributed by atoms with Crippen LogP contribution in [-0.4, -0.2) is 42.7 Å². The molecule has 0 aliphatic carbocycles. The first-order valence-corrected chi connectivity index (χ1v) is 4.86. The minimum atomic E-state index is -0.790. The summed E-state index contributed by atoms with van der Waals surface area (Å²) in [7, 11) is 0. The molecule has 2 heterocycles. The molecule has 0 unspecified atom stereocenters. The molecule has 14 heavy (non-hydrogen) atoms. The van der Waals surface area contributed by atoms with Crippen molar-refractivity contribution in [3.63, 3.8) is 0 Å². The lowest BCUT2D eigenvalue weighted by Crippen LogP contribution is -2.66. The number of aliphatic hydroxyl groups excluding tert-OH is 1. The van der Waals surface area contributed by atoms with Crippen molar-refractivity contribution in [1.82, 2.24) is 5.32 Å². The summed E-state index contributed by atoms with van der Waals surface area (Å²) < 4.78 is 10.9. The van der Waals surface area contributed by atoms with Gasteiger partial charge in [-0.25, -0.2) is 0 Å². The van der Waals surface area contributed by atoms with E-state index in [4.69, 9.17) is 14.6 Å². The second-order valence-corrected chi connectivity index (χ2v) is 3.82. The van der Waals surface area contributed by atoms with E-state index in [-0.39, 0.29) is 24.5 Å². The van der Waals surface area contributed by atoms with Gasteiger partial charge in [0.25, 0.3) is 0 Å². The average Bonchev–Trinajstić information content (AvgIpc) is 2.51. The first kappa shape index (κ1) is 9.89. The molecule has 2 saturated heterocycles. The van der Waals surface area contributed by atoms with Crippen molar-refractivity contribution < 1.29 is 19.4 Å². The number of amides is 1. The van der Waals surface area contributed by atoms with Gasteiger partial charge in [-0.3, -0.25) is 4.79 Å². The van der Waals surface area contributed by atoms with Crippen LogP contribution in [0.25, 0.3) is 0 Å². The van der Waals surface area contributed by atoms with Gasteiger partial charge in [-0.1, -0.05) is 0 Å². The van der Waals surface area contributed by atoms with Gasteiger partial charge in [-0.2, -0.15) is 0 Å². The molecule has 5 nitrogen and oxygen atoms in total. The predicted octanol–water partition coefficient (Wildman–Crippen LogP) is -0.754. The second kappa shape index (κ2) is 3.49. The Morgan fingerprint density at radius 2 is 2.21 bits per heavy atom. The van der Waals surface area contributed by atoms with Gasteiger partial charge < -0.3 is 19.9 Å². The maximum absolute atomic E-state index is 11.4. The van der Waals surface area contributed by atoms with E-state index < -0.39 is 5.79 Å². The van der Waals surface area contributed by atoms with Crippen molar-refractivity contribution in [2.45, 2.75) is 25.2 Å². The van der Waals surface area contributed by atoms with Crippen LogP contribution >= 0.6 is 0 Å². The lowest BCUT2D eigenvalue weighted by atomic mass is 9.82. The number of hydrogen-bond acceptors (Lipinski definition) is 4. The van der Waals surface area contributed by atoms with E-state index in [9.17, 15) is 4.79 Å². The highest BCUT2D eigenvalue weighted by molar-refractivity contribution is 5.86. The van der Waals surface area contributed by atoms with Crippen LogP contribution in [0.5, 0.6) is 0 Å². The summed E-state index contributed by atoms with van der Waals surface area (Å²) in [5, 5.41) is 11.5. The van der Waals surface area contributed by atoms with Gasteiger partial charge in [-0.05, 0) is 13.3 Å². The van der Waals surface area contributed by atoms with Crippen LogP contribution in [0.15, 0.2) is 0 Å². The zero-order valence-electron chi connectivity index (χ0n) is 8.16. The van der Waals surface area contributed by atoms with Crippen molar-refractivity contribution in [3.8, 4) is 0 Å². The van der Waals surface area contributed by atoms with E-state index in [1.54, 1.807) is 6.92 Å². The Morgan fingerprint density at radius 3 is 2.71 bits per heavy atom. The molecule has 2 aliphatic heterocycles. The highest BCUT2D eigenvalue weighted by Gasteiger charge is 2.54. The molecule has 0 saturated carbocycles. The molecular weight excluding hydrogens is 186 g/mol. The number of nitrogens with one attached hydrogen (secondary N) is 1. The Labute approximate surface area is 82.4 Å². The van der Waals surface area contributed by atoms with Gasteiger partial charge in [0, 0.05) is 12.6 Å². The predicted molar refractivity (Wildman–Crippen MR) is 47.4 cm³/mol. The molecule has 2 atom stereocenters. The third-order valence-electron chi connectivity index (χ3n) is 2.88. The van der Waals surface area contributed by atoms with Crippen LogP contribution in [0.3, 0.4) is 0 Å². The van der Waals surface area contributed by atoms with Crippen molar-refractivity contribution in [2.75, 3.05) is 19.8 Å². The molecule has 0 spiro atoms. The van der Waals surface area contributed by atoms with Crippen LogP contribution < -0.4 is 5.32 Å². The summed E-state index contributed by atoms with van der Waals surface area (Å²) in [5.74, 6) is -1.12. The van der Waals surface area contributed by atoms with Crippen LogP contribution in [0.4, 0.5) is 0 Å². The van der Waals surface area contributed by atoms with Crippen molar-refractivity contribution in [2.24, 2.45) is 5.92 Å². The monoisotopic (exact) mass is 201 g/mol. The quantitative estimate of drug-likeness (QED) is 0.589. The van der Waals surface area contributed by atoms with Gasteiger partial charge in [-0.15, -0.1) is 0 Å². The molecule has 0 bridgehead atoms. The Balaban J connectivity index is 2.04. The summed E-state index contributed by atoms with van der Waals surface area (Å²) in [4.78, 5) is 11.4. The van der Waals surface area contributed by atoms with E-state index >= 15 is 0 Å². The van der Waals surface area contributed by atoms with Crippen LogP contribution in [0.2, 0.25) is 0 Å². The number of aliphatic hydroxyl groups is 1. The fourth-order valence-corrected chi connectivity index (χ4v) is 2.13. The molecule has 5 heteroatoms. The first-order valence-electron chi connectivity index (χ1n) is 4.86. The van der Waals surface area contributed by atoms with Crippen LogP contribution in [-0.2, 0) is 14.3 Å². The molecule has 0 aromatic carbocycles. The molecule has 2 fully saturated rings. The number of hydrogen-bond donors (Lipinski definition) is 2. The highest BCUT2D eigenvalue weighted by Crippen LogP contribution is 2.35. The minimum absolute atomic E-state index is 0.0180. The number of ether oxygens (including phenoxy) is 2. The largest absolute Gasteiger partial charge is 0.396 e. The summed E-state index contributed by atoms with van der Waals surface area (Å²) >= 11 is 0. The fraction of sp³-hybridized carbons (Fsp3) is 0.889. The molecule has 2 aliphatic rings. The molecule has 0 aromatic heterocycles. The lowest BCUT2D eigenvalue weighted by molar-refractivity contribution is -0.207. The number of rotatable bonds is 3.